The first-order chi connectivity index (χ1) is 8.84. The minimum absolute atomic E-state index is 0.341. The Kier molecular flexibility index (Phi) is 5.52. The van der Waals surface area contributed by atoms with Crippen LogP contribution in [0, 0.1) is 0 Å². The molecule has 0 aliphatic rings. The van der Waals surface area contributed by atoms with Crippen LogP contribution in [0.4, 0.5) is 0 Å². The summed E-state index contributed by atoms with van der Waals surface area (Å²) in [6.45, 7) is 4.28. The summed E-state index contributed by atoms with van der Waals surface area (Å²) >= 11 is 0. The molecule has 0 aromatic heterocycles. The second kappa shape index (κ2) is 6.50. The number of sulfonamides is 1. The molecule has 0 saturated carbocycles. The van der Waals surface area contributed by atoms with E-state index in [4.69, 9.17) is 0 Å². The highest BCUT2D eigenvalue weighted by Crippen LogP contribution is 2.25. The normalized spacial score (nSPS) is 15.5. The van der Waals surface area contributed by atoms with Gasteiger partial charge in [-0.25, -0.2) is 12.7 Å². The molecule has 0 fully saturated rings. The summed E-state index contributed by atoms with van der Waals surface area (Å²) in [5.41, 5.74) is 1.17. The number of nitrogens with one attached hydrogen (secondary N) is 1. The minimum atomic E-state index is -3.33. The van der Waals surface area contributed by atoms with Gasteiger partial charge in [0.1, 0.15) is 0 Å². The predicted molar refractivity (Wildman–Crippen MR) is 78.9 cm³/mol. The van der Waals surface area contributed by atoms with Gasteiger partial charge in [-0.3, -0.25) is 0 Å². The van der Waals surface area contributed by atoms with Gasteiger partial charge in [-0.2, -0.15) is 0 Å². The molecule has 1 aromatic rings. The standard InChI is InChI=1S/C14H24N2O2S/c1-6-14(11(2)15-3)12-7-9-13(10-8-12)19(17,18)16(4)5/h7-11,14-15H,6H2,1-5H3. The molecule has 4 nitrogen and oxygen atoms in total. The van der Waals surface area contributed by atoms with Crippen LogP contribution < -0.4 is 5.32 Å². The summed E-state index contributed by atoms with van der Waals surface area (Å²) in [5, 5.41) is 3.25. The minimum Gasteiger partial charge on any atom is -0.317 e. The number of hydrogen-bond acceptors (Lipinski definition) is 3. The molecule has 0 bridgehead atoms. The topological polar surface area (TPSA) is 49.4 Å². The Morgan fingerprint density at radius 2 is 1.74 bits per heavy atom. The van der Waals surface area contributed by atoms with Crippen molar-refractivity contribution >= 4 is 10.0 Å². The maximum absolute atomic E-state index is 12.0. The van der Waals surface area contributed by atoms with Gasteiger partial charge in [0.2, 0.25) is 10.0 Å². The molecule has 0 heterocycles. The summed E-state index contributed by atoms with van der Waals surface area (Å²) < 4.78 is 25.2. The number of nitrogens with zero attached hydrogens (tertiary/aromatic N) is 1. The van der Waals surface area contributed by atoms with E-state index in [1.54, 1.807) is 26.2 Å². The molecule has 1 aromatic carbocycles. The van der Waals surface area contributed by atoms with E-state index in [2.05, 4.69) is 19.2 Å². The van der Waals surface area contributed by atoms with Crippen LogP contribution in [-0.2, 0) is 10.0 Å². The zero-order valence-electron chi connectivity index (χ0n) is 12.3. The third-order valence-corrected chi connectivity index (χ3v) is 5.41. The highest BCUT2D eigenvalue weighted by molar-refractivity contribution is 7.89. The van der Waals surface area contributed by atoms with Crippen LogP contribution >= 0.6 is 0 Å². The SMILES string of the molecule is CCC(c1ccc(S(=O)(=O)N(C)C)cc1)C(C)NC. The molecular formula is C14H24N2O2S. The maximum atomic E-state index is 12.0. The van der Waals surface area contributed by atoms with E-state index >= 15 is 0 Å². The highest BCUT2D eigenvalue weighted by Gasteiger charge is 2.19. The summed E-state index contributed by atoms with van der Waals surface area (Å²) in [5.74, 6) is 0.390. The van der Waals surface area contributed by atoms with Crippen LogP contribution in [0.15, 0.2) is 29.2 Å². The van der Waals surface area contributed by atoms with Crippen LogP contribution in [0.1, 0.15) is 31.7 Å². The summed E-state index contributed by atoms with van der Waals surface area (Å²) in [7, 11) is 1.69. The van der Waals surface area contributed by atoms with Crippen molar-refractivity contribution in [2.24, 2.45) is 0 Å². The van der Waals surface area contributed by atoms with E-state index in [1.807, 2.05) is 19.2 Å². The second-order valence-corrected chi connectivity index (χ2v) is 7.10. The number of benzene rings is 1. The Hall–Kier alpha value is -0.910. The molecule has 0 aliphatic heterocycles. The Bertz CT molecular complexity index is 495. The first-order valence-electron chi connectivity index (χ1n) is 6.54. The molecule has 19 heavy (non-hydrogen) atoms. The van der Waals surface area contributed by atoms with Crippen molar-refractivity contribution in [3.8, 4) is 0 Å². The monoisotopic (exact) mass is 284 g/mol. The van der Waals surface area contributed by atoms with Gasteiger partial charge >= 0.3 is 0 Å². The molecule has 0 radical (unpaired) electrons. The van der Waals surface area contributed by atoms with Crippen LogP contribution in [0.5, 0.6) is 0 Å². The van der Waals surface area contributed by atoms with Gasteiger partial charge in [-0.15, -0.1) is 0 Å². The molecule has 0 amide bonds. The van der Waals surface area contributed by atoms with E-state index in [1.165, 1.54) is 9.87 Å². The Labute approximate surface area is 116 Å². The average Bonchev–Trinajstić information content (AvgIpc) is 2.39. The molecule has 5 heteroatoms. The lowest BCUT2D eigenvalue weighted by Crippen LogP contribution is -2.28. The largest absolute Gasteiger partial charge is 0.317 e. The molecule has 0 saturated heterocycles. The lowest BCUT2D eigenvalue weighted by molar-refractivity contribution is 0.482. The summed E-state index contributed by atoms with van der Waals surface area (Å²) in [6, 6.07) is 7.57. The van der Waals surface area contributed by atoms with E-state index < -0.39 is 10.0 Å². The van der Waals surface area contributed by atoms with E-state index in [0.717, 1.165) is 6.42 Å². The van der Waals surface area contributed by atoms with Gasteiger partial charge in [0.15, 0.2) is 0 Å². The van der Waals surface area contributed by atoms with Crippen molar-refractivity contribution in [2.75, 3.05) is 21.1 Å². The van der Waals surface area contributed by atoms with E-state index in [-0.39, 0.29) is 0 Å². The molecule has 0 spiro atoms. The molecular weight excluding hydrogens is 260 g/mol. The fourth-order valence-corrected chi connectivity index (χ4v) is 3.08. The molecule has 2 unspecified atom stereocenters. The lowest BCUT2D eigenvalue weighted by atomic mass is 9.90. The third-order valence-electron chi connectivity index (χ3n) is 3.59. The number of hydrogen-bond donors (Lipinski definition) is 1. The lowest BCUT2D eigenvalue weighted by Gasteiger charge is -2.23. The second-order valence-electron chi connectivity index (χ2n) is 4.95. The molecule has 2 atom stereocenters. The van der Waals surface area contributed by atoms with Crippen molar-refractivity contribution in [3.05, 3.63) is 29.8 Å². The van der Waals surface area contributed by atoms with Gasteiger partial charge in [0, 0.05) is 20.1 Å². The quantitative estimate of drug-likeness (QED) is 0.869. The molecule has 0 aliphatic carbocycles. The average molecular weight is 284 g/mol. The fourth-order valence-electron chi connectivity index (χ4n) is 2.18. The van der Waals surface area contributed by atoms with E-state index in [0.29, 0.717) is 16.9 Å². The van der Waals surface area contributed by atoms with Crippen molar-refractivity contribution in [1.82, 2.24) is 9.62 Å². The third kappa shape index (κ3) is 3.55. The van der Waals surface area contributed by atoms with Crippen molar-refractivity contribution in [2.45, 2.75) is 37.1 Å². The Balaban J connectivity index is 3.06. The maximum Gasteiger partial charge on any atom is 0.242 e. The zero-order chi connectivity index (χ0) is 14.6. The van der Waals surface area contributed by atoms with Crippen molar-refractivity contribution < 1.29 is 8.42 Å². The fraction of sp³-hybridized carbons (Fsp3) is 0.571. The molecule has 108 valence electrons. The van der Waals surface area contributed by atoms with Crippen LogP contribution in [0.3, 0.4) is 0 Å². The summed E-state index contributed by atoms with van der Waals surface area (Å²) in [4.78, 5) is 0.341. The van der Waals surface area contributed by atoms with Gasteiger partial charge < -0.3 is 5.32 Å². The predicted octanol–water partition coefficient (Wildman–Crippen LogP) is 2.04. The van der Waals surface area contributed by atoms with Crippen LogP contribution in [0.25, 0.3) is 0 Å². The van der Waals surface area contributed by atoms with Crippen molar-refractivity contribution in [3.63, 3.8) is 0 Å². The van der Waals surface area contributed by atoms with E-state index in [9.17, 15) is 8.42 Å². The Morgan fingerprint density at radius 3 is 2.11 bits per heavy atom. The molecule has 1 rings (SSSR count). The number of rotatable bonds is 6. The van der Waals surface area contributed by atoms with Gasteiger partial charge in [0.05, 0.1) is 4.90 Å². The zero-order valence-corrected chi connectivity index (χ0v) is 13.2. The van der Waals surface area contributed by atoms with Gasteiger partial charge in [0.25, 0.3) is 0 Å². The van der Waals surface area contributed by atoms with Gasteiger partial charge in [-0.1, -0.05) is 19.1 Å². The summed E-state index contributed by atoms with van der Waals surface area (Å²) in [6.07, 6.45) is 1.02. The van der Waals surface area contributed by atoms with Gasteiger partial charge in [-0.05, 0) is 44.0 Å². The smallest absolute Gasteiger partial charge is 0.242 e. The van der Waals surface area contributed by atoms with Crippen LogP contribution in [-0.4, -0.2) is 39.9 Å². The first kappa shape index (κ1) is 16.1. The highest BCUT2D eigenvalue weighted by atomic mass is 32.2. The molecule has 1 N–H and O–H groups in total. The first-order valence-corrected chi connectivity index (χ1v) is 7.98. The Morgan fingerprint density at radius 1 is 1.21 bits per heavy atom. The number of likely N-dealkylation sites (N-methyl/N-ethyl adjacent to an activating group) is 1. The van der Waals surface area contributed by atoms with Crippen molar-refractivity contribution in [1.29, 1.82) is 0 Å². The van der Waals surface area contributed by atoms with Crippen LogP contribution in [0.2, 0.25) is 0 Å².